The molecule has 0 radical (unpaired) electrons. The molecule has 1 heterocycles. The molecule has 1 fully saturated rings. The molecule has 0 saturated carbocycles. The molecule has 0 atom stereocenters. The molecule has 2 aromatic carbocycles. The Kier molecular flexibility index (Phi) is 7.38. The van der Waals surface area contributed by atoms with E-state index in [1.165, 1.54) is 0 Å². The van der Waals surface area contributed by atoms with Gasteiger partial charge in [-0.05, 0) is 50.2 Å². The van der Waals surface area contributed by atoms with Gasteiger partial charge >= 0.3 is 0 Å². The molecule has 1 amide bonds. The van der Waals surface area contributed by atoms with Crippen LogP contribution in [0.15, 0.2) is 42.5 Å². The van der Waals surface area contributed by atoms with E-state index in [0.717, 1.165) is 25.9 Å². The number of hydrogen-bond donors (Lipinski definition) is 2. The van der Waals surface area contributed by atoms with Crippen LogP contribution in [0.5, 0.6) is 11.5 Å². The van der Waals surface area contributed by atoms with Crippen molar-refractivity contribution in [2.75, 3.05) is 13.1 Å². The number of amides is 1. The van der Waals surface area contributed by atoms with E-state index in [0.29, 0.717) is 27.1 Å². The summed E-state index contributed by atoms with van der Waals surface area (Å²) in [6, 6.07) is 12.4. The Hall–Kier alpha value is -1.46. The van der Waals surface area contributed by atoms with Gasteiger partial charge in [0.2, 0.25) is 0 Å². The molecule has 0 spiro atoms. The first-order valence-electron chi connectivity index (χ1n) is 7.87. The van der Waals surface area contributed by atoms with Gasteiger partial charge in [0.15, 0.2) is 0 Å². The molecule has 0 bridgehead atoms. The van der Waals surface area contributed by atoms with Gasteiger partial charge in [-0.3, -0.25) is 4.79 Å². The predicted octanol–water partition coefficient (Wildman–Crippen LogP) is 4.69. The van der Waals surface area contributed by atoms with Crippen LogP contribution in [0, 0.1) is 0 Å². The van der Waals surface area contributed by atoms with Gasteiger partial charge in [-0.2, -0.15) is 0 Å². The number of hydrogen-bond acceptors (Lipinski definition) is 3. The van der Waals surface area contributed by atoms with Crippen molar-refractivity contribution in [1.82, 2.24) is 10.6 Å². The second kappa shape index (κ2) is 9.30. The van der Waals surface area contributed by atoms with E-state index in [-0.39, 0.29) is 24.4 Å². The monoisotopic (exact) mass is 400 g/mol. The topological polar surface area (TPSA) is 50.4 Å². The number of benzene rings is 2. The van der Waals surface area contributed by atoms with E-state index in [4.69, 9.17) is 27.9 Å². The maximum atomic E-state index is 12.7. The molecule has 1 saturated heterocycles. The molecule has 7 heteroatoms. The zero-order valence-corrected chi connectivity index (χ0v) is 15.8. The van der Waals surface area contributed by atoms with Gasteiger partial charge in [0.05, 0.1) is 10.0 Å². The highest BCUT2D eigenvalue weighted by Crippen LogP contribution is 2.34. The van der Waals surface area contributed by atoms with Crippen molar-refractivity contribution < 1.29 is 9.53 Å². The fraction of sp³-hybridized carbons (Fsp3) is 0.278. The van der Waals surface area contributed by atoms with E-state index in [1.54, 1.807) is 30.3 Å². The molecule has 134 valence electrons. The quantitative estimate of drug-likeness (QED) is 0.781. The molecule has 0 unspecified atom stereocenters. The van der Waals surface area contributed by atoms with Crippen LogP contribution in [0.2, 0.25) is 10.0 Å². The van der Waals surface area contributed by atoms with Crippen LogP contribution in [0.1, 0.15) is 23.2 Å². The van der Waals surface area contributed by atoms with Crippen LogP contribution in [-0.2, 0) is 0 Å². The summed E-state index contributed by atoms with van der Waals surface area (Å²) in [6.07, 6.45) is 1.80. The Labute approximate surface area is 163 Å². The lowest BCUT2D eigenvalue weighted by molar-refractivity contribution is 0.0927. The molecule has 0 aromatic heterocycles. The number of halogens is 3. The van der Waals surface area contributed by atoms with Crippen molar-refractivity contribution in [3.63, 3.8) is 0 Å². The summed E-state index contributed by atoms with van der Waals surface area (Å²) >= 11 is 12.4. The first kappa shape index (κ1) is 19.9. The number of nitrogens with one attached hydrogen (secondary N) is 2. The summed E-state index contributed by atoms with van der Waals surface area (Å²) in [7, 11) is 0. The first-order valence-corrected chi connectivity index (χ1v) is 8.63. The number of para-hydroxylation sites is 1. The minimum atomic E-state index is -0.227. The smallest absolute Gasteiger partial charge is 0.256 e. The highest BCUT2D eigenvalue weighted by atomic mass is 35.5. The largest absolute Gasteiger partial charge is 0.455 e. The van der Waals surface area contributed by atoms with E-state index in [9.17, 15) is 4.79 Å². The number of carbonyl (C=O) groups excluding carboxylic acids is 1. The van der Waals surface area contributed by atoms with Crippen molar-refractivity contribution >= 4 is 41.5 Å². The van der Waals surface area contributed by atoms with Crippen LogP contribution < -0.4 is 15.4 Å². The zero-order chi connectivity index (χ0) is 16.9. The third kappa shape index (κ3) is 5.02. The van der Waals surface area contributed by atoms with Crippen molar-refractivity contribution in [2.45, 2.75) is 18.9 Å². The van der Waals surface area contributed by atoms with E-state index in [1.807, 2.05) is 12.1 Å². The first-order chi connectivity index (χ1) is 11.6. The number of ether oxygens (including phenoxy) is 1. The molecular weight excluding hydrogens is 383 g/mol. The normalized spacial score (nSPS) is 14.5. The summed E-state index contributed by atoms with van der Waals surface area (Å²) in [5.74, 6) is 0.647. The van der Waals surface area contributed by atoms with Crippen molar-refractivity contribution in [3.05, 3.63) is 58.1 Å². The molecule has 4 nitrogen and oxygen atoms in total. The second-order valence-electron chi connectivity index (χ2n) is 5.64. The van der Waals surface area contributed by atoms with Gasteiger partial charge in [-0.25, -0.2) is 0 Å². The maximum Gasteiger partial charge on any atom is 0.256 e. The maximum absolute atomic E-state index is 12.7. The van der Waals surface area contributed by atoms with Crippen molar-refractivity contribution in [2.24, 2.45) is 0 Å². The second-order valence-corrected chi connectivity index (χ2v) is 6.46. The predicted molar refractivity (Wildman–Crippen MR) is 104 cm³/mol. The SMILES string of the molecule is Cl.O=C(NC1CCNCC1)c1c(Cl)cccc1Oc1ccccc1Cl. The van der Waals surface area contributed by atoms with Crippen LogP contribution in [0.4, 0.5) is 0 Å². The summed E-state index contributed by atoms with van der Waals surface area (Å²) < 4.78 is 5.84. The molecule has 0 aliphatic carbocycles. The van der Waals surface area contributed by atoms with Gasteiger partial charge in [0, 0.05) is 6.04 Å². The lowest BCUT2D eigenvalue weighted by Gasteiger charge is -2.24. The number of carbonyl (C=O) groups is 1. The molecule has 3 rings (SSSR count). The minimum absolute atomic E-state index is 0. The minimum Gasteiger partial charge on any atom is -0.455 e. The fourth-order valence-corrected chi connectivity index (χ4v) is 3.11. The van der Waals surface area contributed by atoms with Crippen LogP contribution in [0.25, 0.3) is 0 Å². The van der Waals surface area contributed by atoms with Crippen LogP contribution >= 0.6 is 35.6 Å². The number of rotatable bonds is 4. The van der Waals surface area contributed by atoms with Gasteiger partial charge in [0.25, 0.3) is 5.91 Å². The third-order valence-corrected chi connectivity index (χ3v) is 4.56. The van der Waals surface area contributed by atoms with Gasteiger partial charge in [-0.1, -0.05) is 41.4 Å². The Morgan fingerprint density at radius 1 is 1.00 bits per heavy atom. The molecule has 1 aliphatic rings. The van der Waals surface area contributed by atoms with Crippen LogP contribution in [-0.4, -0.2) is 25.0 Å². The zero-order valence-electron chi connectivity index (χ0n) is 13.4. The van der Waals surface area contributed by atoms with E-state index in [2.05, 4.69) is 10.6 Å². The molecule has 25 heavy (non-hydrogen) atoms. The summed E-state index contributed by atoms with van der Waals surface area (Å²) in [5, 5.41) is 7.14. The Morgan fingerprint density at radius 3 is 2.36 bits per heavy atom. The number of piperidine rings is 1. The van der Waals surface area contributed by atoms with Gasteiger partial charge in [0.1, 0.15) is 17.1 Å². The van der Waals surface area contributed by atoms with Crippen molar-refractivity contribution in [3.8, 4) is 11.5 Å². The highest BCUT2D eigenvalue weighted by molar-refractivity contribution is 6.34. The molecule has 2 N–H and O–H groups in total. The Morgan fingerprint density at radius 2 is 1.64 bits per heavy atom. The van der Waals surface area contributed by atoms with E-state index >= 15 is 0 Å². The summed E-state index contributed by atoms with van der Waals surface area (Å²) in [4.78, 5) is 12.7. The van der Waals surface area contributed by atoms with E-state index < -0.39 is 0 Å². The summed E-state index contributed by atoms with van der Waals surface area (Å²) in [5.41, 5.74) is 0.331. The fourth-order valence-electron chi connectivity index (χ4n) is 2.68. The van der Waals surface area contributed by atoms with Gasteiger partial charge in [-0.15, -0.1) is 12.4 Å². The summed E-state index contributed by atoms with van der Waals surface area (Å²) in [6.45, 7) is 1.80. The van der Waals surface area contributed by atoms with Gasteiger partial charge < -0.3 is 15.4 Å². The Bertz CT molecular complexity index is 734. The average molecular weight is 402 g/mol. The van der Waals surface area contributed by atoms with Crippen LogP contribution in [0.3, 0.4) is 0 Å². The molecule has 2 aromatic rings. The van der Waals surface area contributed by atoms with Crippen molar-refractivity contribution in [1.29, 1.82) is 0 Å². The lowest BCUT2D eigenvalue weighted by atomic mass is 10.1. The Balaban J connectivity index is 0.00000225. The third-order valence-electron chi connectivity index (χ3n) is 3.93. The lowest BCUT2D eigenvalue weighted by Crippen LogP contribution is -2.42. The highest BCUT2D eigenvalue weighted by Gasteiger charge is 2.22. The molecule has 1 aliphatic heterocycles. The standard InChI is InChI=1S/C18H18Cl2N2O2.ClH/c19-13-4-1-2-6-15(13)24-16-7-3-5-14(20)17(16)18(23)22-12-8-10-21-11-9-12;/h1-7,12,21H,8-11H2,(H,22,23);1H. The average Bonchev–Trinajstić information content (AvgIpc) is 2.58. The molecular formula is C18H19Cl3N2O2.